The van der Waals surface area contributed by atoms with E-state index in [9.17, 15) is 8.42 Å². The monoisotopic (exact) mass is 385 g/mol. The summed E-state index contributed by atoms with van der Waals surface area (Å²) in [7, 11) is -3.28. The van der Waals surface area contributed by atoms with E-state index >= 15 is 0 Å². The van der Waals surface area contributed by atoms with Crippen LogP contribution in [-0.2, 0) is 22.9 Å². The van der Waals surface area contributed by atoms with Crippen molar-refractivity contribution in [3.8, 4) is 11.1 Å². The zero-order valence-electron chi connectivity index (χ0n) is 15.9. The third-order valence-electron chi connectivity index (χ3n) is 4.69. The number of fused-ring (bicyclic) bond motifs is 1. The third-order valence-corrected chi connectivity index (χ3v) is 5.30. The van der Waals surface area contributed by atoms with Crippen molar-refractivity contribution >= 4 is 26.6 Å². The second kappa shape index (κ2) is 8.15. The first kappa shape index (κ1) is 19.5. The second-order valence-corrected chi connectivity index (χ2v) is 8.65. The smallest absolute Gasteiger partial charge is 0.229 e. The summed E-state index contributed by atoms with van der Waals surface area (Å²) in [5.41, 5.74) is 12.3. The summed E-state index contributed by atoms with van der Waals surface area (Å²) in [5, 5.41) is 1.25. The van der Waals surface area contributed by atoms with E-state index in [1.165, 1.54) is 16.6 Å². The maximum absolute atomic E-state index is 11.4. The molecule has 0 atom stereocenters. The average Bonchev–Trinajstić information content (AvgIpc) is 2.97. The highest BCUT2D eigenvalue weighted by Gasteiger charge is 2.15. The number of hydrogen-bond acceptors (Lipinski definition) is 3. The SMILES string of the molecule is CCCCc1c(CCN)[nH]c2cccc(-c3ccc(NS(C)(=O)=O)cc3)c12. The molecule has 4 N–H and O–H groups in total. The molecule has 1 heterocycles. The van der Waals surface area contributed by atoms with Crippen molar-refractivity contribution in [2.75, 3.05) is 17.5 Å². The number of benzene rings is 2. The fraction of sp³-hybridized carbons (Fsp3) is 0.333. The van der Waals surface area contributed by atoms with Crippen molar-refractivity contribution in [1.82, 2.24) is 4.98 Å². The highest BCUT2D eigenvalue weighted by atomic mass is 32.2. The van der Waals surface area contributed by atoms with Crippen LogP contribution < -0.4 is 10.5 Å². The van der Waals surface area contributed by atoms with Gasteiger partial charge in [-0.25, -0.2) is 8.42 Å². The molecule has 0 amide bonds. The van der Waals surface area contributed by atoms with Gasteiger partial charge in [0.25, 0.3) is 0 Å². The number of anilines is 1. The number of hydrogen-bond donors (Lipinski definition) is 3. The summed E-state index contributed by atoms with van der Waals surface area (Å²) >= 11 is 0. The van der Waals surface area contributed by atoms with Crippen molar-refractivity contribution in [1.29, 1.82) is 0 Å². The Hall–Kier alpha value is -2.31. The molecule has 5 nitrogen and oxygen atoms in total. The first-order valence-electron chi connectivity index (χ1n) is 9.33. The van der Waals surface area contributed by atoms with Gasteiger partial charge >= 0.3 is 0 Å². The van der Waals surface area contributed by atoms with Crippen molar-refractivity contribution in [2.45, 2.75) is 32.6 Å². The highest BCUT2D eigenvalue weighted by Crippen LogP contribution is 2.34. The van der Waals surface area contributed by atoms with Gasteiger partial charge in [-0.05, 0) is 54.3 Å². The van der Waals surface area contributed by atoms with Gasteiger partial charge in [0.05, 0.1) is 6.26 Å². The molecule has 0 spiro atoms. The Kier molecular flexibility index (Phi) is 5.87. The number of rotatable bonds is 8. The molecule has 27 heavy (non-hydrogen) atoms. The lowest BCUT2D eigenvalue weighted by Gasteiger charge is -2.09. The lowest BCUT2D eigenvalue weighted by Crippen LogP contribution is -2.09. The zero-order chi connectivity index (χ0) is 19.4. The van der Waals surface area contributed by atoms with Crippen LogP contribution in [0.1, 0.15) is 31.0 Å². The maximum atomic E-state index is 11.4. The van der Waals surface area contributed by atoms with Gasteiger partial charge in [0.15, 0.2) is 0 Å². The summed E-state index contributed by atoms with van der Waals surface area (Å²) < 4.78 is 25.3. The van der Waals surface area contributed by atoms with Crippen LogP contribution in [0.2, 0.25) is 0 Å². The van der Waals surface area contributed by atoms with Gasteiger partial charge in [0.1, 0.15) is 0 Å². The van der Waals surface area contributed by atoms with E-state index in [4.69, 9.17) is 5.73 Å². The minimum Gasteiger partial charge on any atom is -0.358 e. The number of aromatic amines is 1. The molecule has 0 fully saturated rings. The van der Waals surface area contributed by atoms with Gasteiger partial charge in [-0.15, -0.1) is 0 Å². The Balaban J connectivity index is 2.08. The number of aryl methyl sites for hydroxylation is 1. The summed E-state index contributed by atoms with van der Waals surface area (Å²) in [6.45, 7) is 2.82. The van der Waals surface area contributed by atoms with Gasteiger partial charge in [-0.1, -0.05) is 37.6 Å². The van der Waals surface area contributed by atoms with Crippen molar-refractivity contribution in [2.24, 2.45) is 5.73 Å². The molecular formula is C21H27N3O2S. The van der Waals surface area contributed by atoms with E-state index in [2.05, 4.69) is 28.8 Å². The van der Waals surface area contributed by atoms with Gasteiger partial charge in [-0.2, -0.15) is 0 Å². The van der Waals surface area contributed by atoms with Crippen LogP contribution in [0.25, 0.3) is 22.0 Å². The Labute approximate surface area is 161 Å². The Bertz CT molecular complexity index is 1020. The summed E-state index contributed by atoms with van der Waals surface area (Å²) in [5.74, 6) is 0. The van der Waals surface area contributed by atoms with Crippen LogP contribution in [0.4, 0.5) is 5.69 Å². The van der Waals surface area contributed by atoms with Gasteiger partial charge in [0.2, 0.25) is 10.0 Å². The number of H-pyrrole nitrogens is 1. The molecule has 3 rings (SSSR count). The van der Waals surface area contributed by atoms with Crippen LogP contribution in [0.15, 0.2) is 42.5 Å². The molecule has 0 radical (unpaired) electrons. The van der Waals surface area contributed by atoms with Crippen LogP contribution in [-0.4, -0.2) is 26.2 Å². The topological polar surface area (TPSA) is 88.0 Å². The van der Waals surface area contributed by atoms with E-state index in [-0.39, 0.29) is 0 Å². The Morgan fingerprint density at radius 1 is 1.07 bits per heavy atom. The Morgan fingerprint density at radius 3 is 2.44 bits per heavy atom. The van der Waals surface area contributed by atoms with E-state index < -0.39 is 10.0 Å². The fourth-order valence-electron chi connectivity index (χ4n) is 3.53. The lowest BCUT2D eigenvalue weighted by atomic mass is 9.95. The molecular weight excluding hydrogens is 358 g/mol. The zero-order valence-corrected chi connectivity index (χ0v) is 16.7. The summed E-state index contributed by atoms with van der Waals surface area (Å²) in [6, 6.07) is 13.8. The molecule has 0 bridgehead atoms. The normalized spacial score (nSPS) is 11.8. The molecule has 1 aromatic heterocycles. The van der Waals surface area contributed by atoms with Crippen molar-refractivity contribution < 1.29 is 8.42 Å². The standard InChI is InChI=1S/C21H27N3O2S/c1-3-4-6-18-19(13-14-22)23-20-8-5-7-17(21(18)20)15-9-11-16(12-10-15)24-27(2,25)26/h5,7-12,23-24H,3-4,6,13-14,22H2,1-2H3. The molecule has 2 aromatic carbocycles. The predicted molar refractivity (Wildman–Crippen MR) is 114 cm³/mol. The van der Waals surface area contributed by atoms with Crippen molar-refractivity contribution in [3.63, 3.8) is 0 Å². The largest absolute Gasteiger partial charge is 0.358 e. The summed E-state index contributed by atoms with van der Waals surface area (Å²) in [4.78, 5) is 3.55. The highest BCUT2D eigenvalue weighted by molar-refractivity contribution is 7.92. The molecule has 6 heteroatoms. The van der Waals surface area contributed by atoms with Gasteiger partial charge in [-0.3, -0.25) is 4.72 Å². The third kappa shape index (κ3) is 4.51. The maximum Gasteiger partial charge on any atom is 0.229 e. The van der Waals surface area contributed by atoms with Crippen molar-refractivity contribution in [3.05, 3.63) is 53.7 Å². The number of unbranched alkanes of at least 4 members (excludes halogenated alkanes) is 1. The number of sulfonamides is 1. The minimum atomic E-state index is -3.28. The Morgan fingerprint density at radius 2 is 1.81 bits per heavy atom. The fourth-order valence-corrected chi connectivity index (χ4v) is 4.09. The van der Waals surface area contributed by atoms with Gasteiger partial charge in [0, 0.05) is 28.7 Å². The number of nitrogens with one attached hydrogen (secondary N) is 2. The first-order valence-corrected chi connectivity index (χ1v) is 11.2. The van der Waals surface area contributed by atoms with E-state index in [1.54, 1.807) is 12.1 Å². The molecule has 0 saturated heterocycles. The van der Waals surface area contributed by atoms with E-state index in [0.29, 0.717) is 12.2 Å². The predicted octanol–water partition coefficient (Wildman–Crippen LogP) is 4.05. The second-order valence-electron chi connectivity index (χ2n) is 6.90. The molecule has 0 aliphatic carbocycles. The lowest BCUT2D eigenvalue weighted by molar-refractivity contribution is 0.607. The average molecular weight is 386 g/mol. The number of nitrogens with two attached hydrogens (primary N) is 1. The van der Waals surface area contributed by atoms with Crippen LogP contribution in [0, 0.1) is 0 Å². The molecule has 0 aliphatic heterocycles. The molecule has 0 unspecified atom stereocenters. The first-order chi connectivity index (χ1) is 12.9. The van der Waals surface area contributed by atoms with E-state index in [1.807, 2.05) is 18.2 Å². The number of aromatic nitrogens is 1. The van der Waals surface area contributed by atoms with Gasteiger partial charge < -0.3 is 10.7 Å². The summed E-state index contributed by atoms with van der Waals surface area (Å²) in [6.07, 6.45) is 5.29. The molecule has 144 valence electrons. The van der Waals surface area contributed by atoms with Crippen LogP contribution >= 0.6 is 0 Å². The molecule has 0 aliphatic rings. The molecule has 0 saturated carbocycles. The van der Waals surface area contributed by atoms with Crippen LogP contribution in [0.3, 0.4) is 0 Å². The van der Waals surface area contributed by atoms with E-state index in [0.717, 1.165) is 48.6 Å². The minimum absolute atomic E-state index is 0.567. The van der Waals surface area contributed by atoms with Crippen LogP contribution in [0.5, 0.6) is 0 Å². The quantitative estimate of drug-likeness (QED) is 0.546. The molecule has 3 aromatic rings.